The third-order valence-electron chi connectivity index (χ3n) is 11.5. The first-order chi connectivity index (χ1) is 31.0. The molecule has 1 atom stereocenters. The molecule has 0 aliphatic carbocycles. The second kappa shape index (κ2) is 51.7. The van der Waals surface area contributed by atoms with Crippen molar-refractivity contribution >= 4 is 17.9 Å². The highest BCUT2D eigenvalue weighted by molar-refractivity contribution is 5.71. The number of rotatable bonds is 48. The van der Waals surface area contributed by atoms with E-state index in [1.807, 2.05) is 0 Å². The number of carbonyl (C=O) groups excluding carboxylic acids is 3. The second-order valence-electron chi connectivity index (χ2n) is 17.8. The average Bonchev–Trinajstić information content (AvgIpc) is 3.28. The van der Waals surface area contributed by atoms with Crippen LogP contribution < -0.4 is 0 Å². The van der Waals surface area contributed by atoms with E-state index in [4.69, 9.17) is 14.2 Å². The van der Waals surface area contributed by atoms with Gasteiger partial charge in [0.05, 0.1) is 0 Å². The SMILES string of the molecule is CC/C=C\C/C=C\C/C=C\C/C=C\C/C=C\CCCCCC(=O)OC[C@@H](COC(=O)CCCCCCCCCCCC)OC(=O)CCCCCCCCCCCCCCCCCC. The third-order valence-corrected chi connectivity index (χ3v) is 11.5. The maximum absolute atomic E-state index is 12.8. The van der Waals surface area contributed by atoms with Crippen LogP contribution in [-0.4, -0.2) is 37.2 Å². The zero-order chi connectivity index (χ0) is 45.8. The standard InChI is InChI=1S/C57H100O6/c1-4-7-10-13-16-19-22-24-26-28-29-30-32-33-35-38-41-44-47-50-56(59)62-53-54(52-61-55(58)49-46-43-40-37-21-18-15-12-9-6-3)63-57(60)51-48-45-42-39-36-34-31-27-25-23-20-17-14-11-8-5-2/h7,10,16,19,24,26,29-30,33,35,54H,4-6,8-9,11-15,17-18,20-23,25,27-28,31-32,34,36-53H2,1-3H3/b10-7-,19-16-,26-24-,30-29-,35-33-/t54-/m1/s1. The molecule has 0 aliphatic rings. The number of carbonyl (C=O) groups is 3. The Morgan fingerprint density at radius 3 is 0.968 bits per heavy atom. The normalized spacial score (nSPS) is 12.5. The summed E-state index contributed by atoms with van der Waals surface area (Å²) >= 11 is 0. The predicted octanol–water partition coefficient (Wildman–Crippen LogP) is 17.6. The van der Waals surface area contributed by atoms with Crippen molar-refractivity contribution in [2.24, 2.45) is 0 Å². The molecule has 0 aromatic rings. The number of hydrogen-bond acceptors (Lipinski definition) is 6. The number of ether oxygens (including phenoxy) is 3. The van der Waals surface area contributed by atoms with Crippen molar-refractivity contribution < 1.29 is 28.6 Å². The molecule has 0 amide bonds. The van der Waals surface area contributed by atoms with Gasteiger partial charge in [0.25, 0.3) is 0 Å². The van der Waals surface area contributed by atoms with E-state index in [-0.39, 0.29) is 31.1 Å². The molecule has 364 valence electrons. The molecule has 0 aliphatic heterocycles. The summed E-state index contributed by atoms with van der Waals surface area (Å²) in [5.41, 5.74) is 0. The van der Waals surface area contributed by atoms with E-state index >= 15 is 0 Å². The van der Waals surface area contributed by atoms with Crippen LogP contribution >= 0.6 is 0 Å². The summed E-state index contributed by atoms with van der Waals surface area (Å²) in [5, 5.41) is 0. The summed E-state index contributed by atoms with van der Waals surface area (Å²) in [6, 6.07) is 0. The van der Waals surface area contributed by atoms with Crippen molar-refractivity contribution in [2.75, 3.05) is 13.2 Å². The summed E-state index contributed by atoms with van der Waals surface area (Å²) < 4.78 is 16.8. The van der Waals surface area contributed by atoms with Crippen LogP contribution in [0.4, 0.5) is 0 Å². The fraction of sp³-hybridized carbons (Fsp3) is 0.772. The van der Waals surface area contributed by atoms with Crippen LogP contribution in [0.2, 0.25) is 0 Å². The molecular weight excluding hydrogens is 781 g/mol. The van der Waals surface area contributed by atoms with Crippen LogP contribution in [0.3, 0.4) is 0 Å². The molecule has 0 rings (SSSR count). The first kappa shape index (κ1) is 60.1. The van der Waals surface area contributed by atoms with Crippen molar-refractivity contribution in [3.63, 3.8) is 0 Å². The first-order valence-corrected chi connectivity index (χ1v) is 26.8. The Morgan fingerprint density at radius 1 is 0.333 bits per heavy atom. The molecular formula is C57H100O6. The van der Waals surface area contributed by atoms with Gasteiger partial charge in [0.2, 0.25) is 0 Å². The number of esters is 3. The first-order valence-electron chi connectivity index (χ1n) is 26.8. The summed E-state index contributed by atoms with van der Waals surface area (Å²) in [4.78, 5) is 38.0. The quantitative estimate of drug-likeness (QED) is 0.0262. The molecule has 0 heterocycles. The monoisotopic (exact) mass is 881 g/mol. The van der Waals surface area contributed by atoms with Gasteiger partial charge in [-0.15, -0.1) is 0 Å². The van der Waals surface area contributed by atoms with E-state index < -0.39 is 6.10 Å². The second-order valence-corrected chi connectivity index (χ2v) is 17.8. The molecule has 0 aromatic heterocycles. The Labute approximate surface area is 390 Å². The zero-order valence-electron chi connectivity index (χ0n) is 41.6. The Balaban J connectivity index is 4.38. The third kappa shape index (κ3) is 50.0. The molecule has 63 heavy (non-hydrogen) atoms. The molecule has 0 spiro atoms. The van der Waals surface area contributed by atoms with E-state index in [2.05, 4.69) is 81.5 Å². The van der Waals surface area contributed by atoms with Gasteiger partial charge >= 0.3 is 17.9 Å². The minimum atomic E-state index is -0.783. The Morgan fingerprint density at radius 2 is 0.619 bits per heavy atom. The van der Waals surface area contributed by atoms with E-state index in [1.165, 1.54) is 128 Å². The van der Waals surface area contributed by atoms with Crippen LogP contribution in [0, 0.1) is 0 Å². The Bertz CT molecular complexity index is 1150. The molecule has 6 nitrogen and oxygen atoms in total. The fourth-order valence-corrected chi connectivity index (χ4v) is 7.53. The molecule has 0 bridgehead atoms. The Kier molecular flexibility index (Phi) is 49.4. The maximum Gasteiger partial charge on any atom is 0.306 e. The molecule has 0 saturated heterocycles. The molecule has 0 fully saturated rings. The highest BCUT2D eigenvalue weighted by Crippen LogP contribution is 2.16. The van der Waals surface area contributed by atoms with Gasteiger partial charge in [0, 0.05) is 19.3 Å². The van der Waals surface area contributed by atoms with Gasteiger partial charge in [-0.1, -0.05) is 242 Å². The summed E-state index contributed by atoms with van der Waals surface area (Å²) in [5.74, 6) is -0.908. The highest BCUT2D eigenvalue weighted by atomic mass is 16.6. The van der Waals surface area contributed by atoms with Crippen molar-refractivity contribution in [1.29, 1.82) is 0 Å². The van der Waals surface area contributed by atoms with Crippen LogP contribution in [0.15, 0.2) is 60.8 Å². The lowest BCUT2D eigenvalue weighted by atomic mass is 10.0. The molecule has 0 aromatic carbocycles. The van der Waals surface area contributed by atoms with Crippen LogP contribution in [0.5, 0.6) is 0 Å². The van der Waals surface area contributed by atoms with Gasteiger partial charge in [-0.3, -0.25) is 14.4 Å². The van der Waals surface area contributed by atoms with Gasteiger partial charge in [0.15, 0.2) is 6.10 Å². The van der Waals surface area contributed by atoms with Crippen molar-refractivity contribution in [3.05, 3.63) is 60.8 Å². The summed E-state index contributed by atoms with van der Waals surface area (Å²) in [6.07, 6.45) is 63.5. The number of unbranched alkanes of at least 4 members (excludes halogenated alkanes) is 27. The van der Waals surface area contributed by atoms with Crippen LogP contribution in [0.25, 0.3) is 0 Å². The van der Waals surface area contributed by atoms with E-state index in [1.54, 1.807) is 0 Å². The summed E-state index contributed by atoms with van der Waals surface area (Å²) in [7, 11) is 0. The lowest BCUT2D eigenvalue weighted by Crippen LogP contribution is -2.30. The van der Waals surface area contributed by atoms with Crippen molar-refractivity contribution in [3.8, 4) is 0 Å². The number of hydrogen-bond donors (Lipinski definition) is 0. The fourth-order valence-electron chi connectivity index (χ4n) is 7.53. The largest absolute Gasteiger partial charge is 0.462 e. The minimum Gasteiger partial charge on any atom is -0.462 e. The lowest BCUT2D eigenvalue weighted by molar-refractivity contribution is -0.167. The molecule has 0 unspecified atom stereocenters. The number of allylic oxidation sites excluding steroid dienone is 10. The van der Waals surface area contributed by atoms with Gasteiger partial charge < -0.3 is 14.2 Å². The molecule has 6 heteroatoms. The molecule has 0 N–H and O–H groups in total. The topological polar surface area (TPSA) is 78.9 Å². The smallest absolute Gasteiger partial charge is 0.306 e. The lowest BCUT2D eigenvalue weighted by Gasteiger charge is -2.18. The van der Waals surface area contributed by atoms with Gasteiger partial charge in [-0.05, 0) is 64.2 Å². The zero-order valence-corrected chi connectivity index (χ0v) is 41.6. The minimum absolute atomic E-state index is 0.0815. The molecule has 0 radical (unpaired) electrons. The highest BCUT2D eigenvalue weighted by Gasteiger charge is 2.19. The van der Waals surface area contributed by atoms with Crippen LogP contribution in [0.1, 0.15) is 265 Å². The van der Waals surface area contributed by atoms with Gasteiger partial charge in [-0.25, -0.2) is 0 Å². The molecule has 0 saturated carbocycles. The van der Waals surface area contributed by atoms with Gasteiger partial charge in [-0.2, -0.15) is 0 Å². The van der Waals surface area contributed by atoms with E-state index in [0.717, 1.165) is 96.3 Å². The van der Waals surface area contributed by atoms with Crippen molar-refractivity contribution in [2.45, 2.75) is 271 Å². The predicted molar refractivity (Wildman–Crippen MR) is 270 cm³/mol. The van der Waals surface area contributed by atoms with Crippen LogP contribution in [-0.2, 0) is 28.6 Å². The summed E-state index contributed by atoms with van der Waals surface area (Å²) in [6.45, 7) is 6.50. The average molecular weight is 881 g/mol. The maximum atomic E-state index is 12.8. The van der Waals surface area contributed by atoms with E-state index in [0.29, 0.717) is 19.3 Å². The Hall–Kier alpha value is -2.89. The van der Waals surface area contributed by atoms with E-state index in [9.17, 15) is 14.4 Å². The van der Waals surface area contributed by atoms with Gasteiger partial charge in [0.1, 0.15) is 13.2 Å². The van der Waals surface area contributed by atoms with Crippen molar-refractivity contribution in [1.82, 2.24) is 0 Å².